The van der Waals surface area contributed by atoms with E-state index in [4.69, 9.17) is 0 Å². The van der Waals surface area contributed by atoms with Gasteiger partial charge in [0.05, 0.1) is 11.5 Å². The first-order valence-corrected chi connectivity index (χ1v) is 9.35. The standard InChI is InChI=1S/C22H24N2O4/c1-4-15-7-5-6-8-19(15)24-12-16(10-20(24)25)21(26)23-18-11-17(22(27)28)13(2)9-14(18)3/h5-9,11,16H,4,10,12H2,1-3H3,(H,23,26)(H,27,28). The predicted octanol–water partition coefficient (Wildman–Crippen LogP) is 3.56. The van der Waals surface area contributed by atoms with E-state index in [0.29, 0.717) is 17.8 Å². The molecule has 1 aliphatic heterocycles. The van der Waals surface area contributed by atoms with Gasteiger partial charge in [-0.3, -0.25) is 9.59 Å². The summed E-state index contributed by atoms with van der Waals surface area (Å²) in [5.41, 5.74) is 3.96. The molecule has 3 rings (SSSR count). The Bertz CT molecular complexity index is 952. The summed E-state index contributed by atoms with van der Waals surface area (Å²) < 4.78 is 0. The first-order chi connectivity index (χ1) is 13.3. The van der Waals surface area contributed by atoms with Crippen LogP contribution in [0.2, 0.25) is 0 Å². The van der Waals surface area contributed by atoms with Crippen molar-refractivity contribution in [3.63, 3.8) is 0 Å². The summed E-state index contributed by atoms with van der Waals surface area (Å²) in [6.45, 7) is 5.89. The van der Waals surface area contributed by atoms with Gasteiger partial charge in [0.15, 0.2) is 0 Å². The fourth-order valence-electron chi connectivity index (χ4n) is 3.64. The summed E-state index contributed by atoms with van der Waals surface area (Å²) in [4.78, 5) is 38.3. The van der Waals surface area contributed by atoms with Crippen molar-refractivity contribution in [2.24, 2.45) is 5.92 Å². The lowest BCUT2D eigenvalue weighted by Gasteiger charge is -2.20. The molecule has 2 aromatic carbocycles. The summed E-state index contributed by atoms with van der Waals surface area (Å²) in [7, 11) is 0. The number of hydrogen-bond acceptors (Lipinski definition) is 3. The van der Waals surface area contributed by atoms with Gasteiger partial charge in [0.1, 0.15) is 0 Å². The normalized spacial score (nSPS) is 16.3. The number of benzene rings is 2. The maximum absolute atomic E-state index is 12.8. The topological polar surface area (TPSA) is 86.7 Å². The average molecular weight is 380 g/mol. The lowest BCUT2D eigenvalue weighted by atomic mass is 10.0. The smallest absolute Gasteiger partial charge is 0.336 e. The minimum Gasteiger partial charge on any atom is -0.478 e. The summed E-state index contributed by atoms with van der Waals surface area (Å²) in [6, 6.07) is 10.9. The molecule has 28 heavy (non-hydrogen) atoms. The number of carbonyl (C=O) groups excluding carboxylic acids is 2. The molecule has 2 aromatic rings. The molecule has 0 spiro atoms. The van der Waals surface area contributed by atoms with Crippen LogP contribution < -0.4 is 10.2 Å². The van der Waals surface area contributed by atoms with Gasteiger partial charge in [-0.1, -0.05) is 31.2 Å². The number of amides is 2. The highest BCUT2D eigenvalue weighted by Gasteiger charge is 2.36. The molecule has 146 valence electrons. The van der Waals surface area contributed by atoms with Crippen LogP contribution in [0.25, 0.3) is 0 Å². The van der Waals surface area contributed by atoms with E-state index >= 15 is 0 Å². The van der Waals surface area contributed by atoms with Crippen molar-refractivity contribution >= 4 is 29.2 Å². The molecule has 2 N–H and O–H groups in total. The molecule has 6 nitrogen and oxygen atoms in total. The van der Waals surface area contributed by atoms with Crippen LogP contribution in [0.1, 0.15) is 40.4 Å². The van der Waals surface area contributed by atoms with Crippen LogP contribution in [0, 0.1) is 19.8 Å². The van der Waals surface area contributed by atoms with Crippen molar-refractivity contribution < 1.29 is 19.5 Å². The van der Waals surface area contributed by atoms with Crippen LogP contribution in [-0.2, 0) is 16.0 Å². The maximum Gasteiger partial charge on any atom is 0.336 e. The molecule has 0 bridgehead atoms. The number of nitrogens with one attached hydrogen (secondary N) is 1. The minimum absolute atomic E-state index is 0.0760. The Hall–Kier alpha value is -3.15. The molecule has 1 fully saturated rings. The van der Waals surface area contributed by atoms with E-state index < -0.39 is 11.9 Å². The molecule has 0 radical (unpaired) electrons. The molecule has 0 aliphatic carbocycles. The maximum atomic E-state index is 12.8. The quantitative estimate of drug-likeness (QED) is 0.830. The van der Waals surface area contributed by atoms with Gasteiger partial charge in [0.25, 0.3) is 0 Å². The van der Waals surface area contributed by atoms with E-state index in [-0.39, 0.29) is 23.8 Å². The number of aromatic carboxylic acids is 1. The number of aryl methyl sites for hydroxylation is 3. The van der Waals surface area contributed by atoms with Crippen LogP contribution in [0.5, 0.6) is 0 Å². The van der Waals surface area contributed by atoms with E-state index in [1.165, 1.54) is 6.07 Å². The number of carboxylic acids is 1. The molecule has 6 heteroatoms. The van der Waals surface area contributed by atoms with Gasteiger partial charge in [0, 0.05) is 24.3 Å². The van der Waals surface area contributed by atoms with E-state index in [1.807, 2.05) is 38.1 Å². The molecule has 1 unspecified atom stereocenters. The average Bonchev–Trinajstić information content (AvgIpc) is 3.05. The molecule has 0 aromatic heterocycles. The molecule has 2 amide bonds. The number of rotatable bonds is 5. The SMILES string of the molecule is CCc1ccccc1N1CC(C(=O)Nc2cc(C(=O)O)c(C)cc2C)CC1=O. The van der Waals surface area contributed by atoms with E-state index in [9.17, 15) is 19.5 Å². The fourth-order valence-corrected chi connectivity index (χ4v) is 3.64. The Morgan fingerprint density at radius 1 is 1.18 bits per heavy atom. The Balaban J connectivity index is 1.79. The number of anilines is 2. The number of nitrogens with zero attached hydrogens (tertiary/aromatic N) is 1. The number of carboxylic acid groups (broad SMARTS) is 1. The van der Waals surface area contributed by atoms with Crippen molar-refractivity contribution in [1.82, 2.24) is 0 Å². The molecule has 1 aliphatic rings. The van der Waals surface area contributed by atoms with Crippen LogP contribution in [0.15, 0.2) is 36.4 Å². The number of para-hydroxylation sites is 1. The van der Waals surface area contributed by atoms with Crippen molar-refractivity contribution in [2.45, 2.75) is 33.6 Å². The van der Waals surface area contributed by atoms with Crippen molar-refractivity contribution in [3.8, 4) is 0 Å². The van der Waals surface area contributed by atoms with E-state index in [0.717, 1.165) is 23.2 Å². The lowest BCUT2D eigenvalue weighted by molar-refractivity contribution is -0.122. The van der Waals surface area contributed by atoms with Gasteiger partial charge in [-0.05, 0) is 49.1 Å². The van der Waals surface area contributed by atoms with Crippen molar-refractivity contribution in [2.75, 3.05) is 16.8 Å². The highest BCUT2D eigenvalue weighted by Crippen LogP contribution is 2.30. The van der Waals surface area contributed by atoms with Gasteiger partial charge in [-0.25, -0.2) is 4.79 Å². The Morgan fingerprint density at radius 2 is 1.89 bits per heavy atom. The van der Waals surface area contributed by atoms with Crippen LogP contribution in [-0.4, -0.2) is 29.4 Å². The van der Waals surface area contributed by atoms with E-state index in [1.54, 1.807) is 17.9 Å². The summed E-state index contributed by atoms with van der Waals surface area (Å²) in [5.74, 6) is -1.86. The van der Waals surface area contributed by atoms with Crippen LogP contribution >= 0.6 is 0 Å². The highest BCUT2D eigenvalue weighted by molar-refractivity contribution is 6.04. The third-order valence-corrected chi connectivity index (χ3v) is 5.22. The molecule has 1 heterocycles. The van der Waals surface area contributed by atoms with Crippen LogP contribution in [0.4, 0.5) is 11.4 Å². The van der Waals surface area contributed by atoms with E-state index in [2.05, 4.69) is 5.32 Å². The third-order valence-electron chi connectivity index (χ3n) is 5.22. The molecule has 1 saturated heterocycles. The largest absolute Gasteiger partial charge is 0.478 e. The molecule has 0 saturated carbocycles. The predicted molar refractivity (Wildman–Crippen MR) is 108 cm³/mol. The molecule has 1 atom stereocenters. The second kappa shape index (κ2) is 7.84. The summed E-state index contributed by atoms with van der Waals surface area (Å²) in [6.07, 6.45) is 0.942. The van der Waals surface area contributed by atoms with Gasteiger partial charge in [-0.2, -0.15) is 0 Å². The van der Waals surface area contributed by atoms with Gasteiger partial charge in [0.2, 0.25) is 11.8 Å². The van der Waals surface area contributed by atoms with Crippen molar-refractivity contribution in [1.29, 1.82) is 0 Å². The first-order valence-electron chi connectivity index (χ1n) is 9.35. The zero-order valence-electron chi connectivity index (χ0n) is 16.3. The summed E-state index contributed by atoms with van der Waals surface area (Å²) >= 11 is 0. The second-order valence-corrected chi connectivity index (χ2v) is 7.16. The zero-order valence-corrected chi connectivity index (χ0v) is 16.3. The monoisotopic (exact) mass is 380 g/mol. The fraction of sp³-hybridized carbons (Fsp3) is 0.318. The lowest BCUT2D eigenvalue weighted by Crippen LogP contribution is -2.29. The zero-order chi connectivity index (χ0) is 20.4. The Labute approximate surface area is 164 Å². The molecular weight excluding hydrogens is 356 g/mol. The van der Waals surface area contributed by atoms with Crippen molar-refractivity contribution in [3.05, 3.63) is 58.7 Å². The Kier molecular flexibility index (Phi) is 5.49. The van der Waals surface area contributed by atoms with Gasteiger partial charge >= 0.3 is 5.97 Å². The second-order valence-electron chi connectivity index (χ2n) is 7.16. The first kappa shape index (κ1) is 19.6. The highest BCUT2D eigenvalue weighted by atomic mass is 16.4. The Morgan fingerprint density at radius 3 is 2.57 bits per heavy atom. The number of hydrogen-bond donors (Lipinski definition) is 2. The van der Waals surface area contributed by atoms with Gasteiger partial charge < -0.3 is 15.3 Å². The molecular formula is C22H24N2O4. The summed E-state index contributed by atoms with van der Waals surface area (Å²) in [5, 5.41) is 12.1. The van der Waals surface area contributed by atoms with Crippen LogP contribution in [0.3, 0.4) is 0 Å². The number of carbonyl (C=O) groups is 3. The van der Waals surface area contributed by atoms with Gasteiger partial charge in [-0.15, -0.1) is 0 Å². The third kappa shape index (κ3) is 3.76. The minimum atomic E-state index is -1.04.